The number of hydrogen-bond acceptors (Lipinski definition) is 4. The van der Waals surface area contributed by atoms with Crippen molar-refractivity contribution in [3.05, 3.63) is 48.2 Å². The predicted molar refractivity (Wildman–Crippen MR) is 90.5 cm³/mol. The minimum atomic E-state index is -0.422. The number of allylic oxidation sites excluding steroid dienone is 4. The number of rotatable bonds is 3. The lowest BCUT2D eigenvalue weighted by atomic mass is 10.1. The minimum absolute atomic E-state index is 0.422. The predicted octanol–water partition coefficient (Wildman–Crippen LogP) is 3.54. The lowest BCUT2D eigenvalue weighted by molar-refractivity contribution is -0.140. The molecule has 0 spiro atoms. The molecule has 118 valence electrons. The number of fused-ring (bicyclic) bond motifs is 3. The maximum absolute atomic E-state index is 11.0. The van der Waals surface area contributed by atoms with Gasteiger partial charge in [0.2, 0.25) is 0 Å². The van der Waals surface area contributed by atoms with Crippen molar-refractivity contribution in [2.75, 3.05) is 7.11 Å². The highest BCUT2D eigenvalue weighted by Gasteiger charge is 2.25. The lowest BCUT2D eigenvalue weighted by Crippen LogP contribution is -2.03. The summed E-state index contributed by atoms with van der Waals surface area (Å²) in [5.41, 5.74) is 3.85. The standard InChI is InChI=1S/C18H18N2O3/c1-4-5-6-15-16(19-23-12(2)21)11-20-17-8-7-14(22-3)9-13(17)10-18(15)20/h4-10H,11H2,1-3H3/b5-4-,15-6-,19-16+. The van der Waals surface area contributed by atoms with Crippen LogP contribution in [0.4, 0.5) is 0 Å². The highest BCUT2D eigenvalue weighted by molar-refractivity contribution is 6.27. The van der Waals surface area contributed by atoms with Gasteiger partial charge in [0.1, 0.15) is 11.5 Å². The summed E-state index contributed by atoms with van der Waals surface area (Å²) in [4.78, 5) is 15.9. The molecule has 0 fully saturated rings. The van der Waals surface area contributed by atoms with E-state index in [1.165, 1.54) is 6.92 Å². The van der Waals surface area contributed by atoms with E-state index in [1.54, 1.807) is 7.11 Å². The van der Waals surface area contributed by atoms with Crippen LogP contribution in [0.5, 0.6) is 5.75 Å². The molecular weight excluding hydrogens is 292 g/mol. The summed E-state index contributed by atoms with van der Waals surface area (Å²) >= 11 is 0. The molecule has 0 radical (unpaired) electrons. The Morgan fingerprint density at radius 1 is 1.35 bits per heavy atom. The van der Waals surface area contributed by atoms with Gasteiger partial charge < -0.3 is 14.1 Å². The van der Waals surface area contributed by atoms with E-state index in [2.05, 4.69) is 15.8 Å². The Morgan fingerprint density at radius 2 is 2.17 bits per heavy atom. The van der Waals surface area contributed by atoms with Crippen LogP contribution in [0, 0.1) is 0 Å². The van der Waals surface area contributed by atoms with Crippen molar-refractivity contribution in [3.8, 4) is 5.75 Å². The second-order valence-corrected chi connectivity index (χ2v) is 5.27. The first kappa shape index (κ1) is 15.1. The number of nitrogens with zero attached hydrogens (tertiary/aromatic N) is 2. The van der Waals surface area contributed by atoms with Crippen LogP contribution < -0.4 is 4.74 Å². The molecule has 1 aliphatic rings. The van der Waals surface area contributed by atoms with Crippen LogP contribution in [0.1, 0.15) is 19.5 Å². The Kier molecular flexibility index (Phi) is 4.02. The van der Waals surface area contributed by atoms with Crippen LogP contribution in [0.2, 0.25) is 0 Å². The number of benzene rings is 1. The number of aromatic nitrogens is 1. The molecule has 2 heterocycles. The normalized spacial score (nSPS) is 17.3. The van der Waals surface area contributed by atoms with Gasteiger partial charge in [-0.15, -0.1) is 0 Å². The Balaban J connectivity index is 2.11. The third-order valence-electron chi connectivity index (χ3n) is 3.74. The Morgan fingerprint density at radius 3 is 2.87 bits per heavy atom. The van der Waals surface area contributed by atoms with E-state index in [0.717, 1.165) is 33.6 Å². The van der Waals surface area contributed by atoms with Gasteiger partial charge in [0, 0.05) is 23.4 Å². The van der Waals surface area contributed by atoms with Gasteiger partial charge in [-0.05, 0) is 31.2 Å². The molecular formula is C18H18N2O3. The molecule has 2 aromatic rings. The van der Waals surface area contributed by atoms with Gasteiger partial charge in [-0.1, -0.05) is 23.4 Å². The Labute approximate surface area is 134 Å². The Bertz CT molecular complexity index is 857. The average Bonchev–Trinajstić information content (AvgIpc) is 3.05. The Hall–Kier alpha value is -2.82. The number of ether oxygens (including phenoxy) is 1. The van der Waals surface area contributed by atoms with Crippen LogP contribution in [-0.2, 0) is 16.2 Å². The van der Waals surface area contributed by atoms with Gasteiger partial charge in [-0.2, -0.15) is 0 Å². The molecule has 0 aliphatic carbocycles. The van der Waals surface area contributed by atoms with Crippen molar-refractivity contribution in [2.45, 2.75) is 20.4 Å². The molecule has 1 aromatic carbocycles. The molecule has 0 atom stereocenters. The van der Waals surface area contributed by atoms with E-state index in [1.807, 2.05) is 43.4 Å². The SMILES string of the molecule is C\C=C/C=C1/C(=N/OC(C)=O)Cn2c1cc1cc(OC)ccc12. The largest absolute Gasteiger partial charge is 0.497 e. The van der Waals surface area contributed by atoms with Gasteiger partial charge in [0.25, 0.3) is 0 Å². The van der Waals surface area contributed by atoms with Gasteiger partial charge in [0.05, 0.1) is 19.3 Å². The van der Waals surface area contributed by atoms with E-state index in [-0.39, 0.29) is 0 Å². The average molecular weight is 310 g/mol. The highest BCUT2D eigenvalue weighted by Crippen LogP contribution is 2.34. The van der Waals surface area contributed by atoms with Gasteiger partial charge in [0.15, 0.2) is 0 Å². The topological polar surface area (TPSA) is 52.8 Å². The number of carbonyl (C=O) groups is 1. The fraction of sp³-hybridized carbons (Fsp3) is 0.222. The summed E-state index contributed by atoms with van der Waals surface area (Å²) in [5, 5.41) is 5.11. The van der Waals surface area contributed by atoms with Crippen molar-refractivity contribution in [3.63, 3.8) is 0 Å². The number of oxime groups is 1. The second-order valence-electron chi connectivity index (χ2n) is 5.27. The van der Waals surface area contributed by atoms with Crippen molar-refractivity contribution < 1.29 is 14.4 Å². The smallest absolute Gasteiger partial charge is 0.331 e. The summed E-state index contributed by atoms with van der Waals surface area (Å²) < 4.78 is 7.44. The molecule has 1 aliphatic heterocycles. The summed E-state index contributed by atoms with van der Waals surface area (Å²) in [6, 6.07) is 8.08. The fourth-order valence-electron chi connectivity index (χ4n) is 2.72. The molecule has 5 heteroatoms. The second kappa shape index (κ2) is 6.12. The zero-order chi connectivity index (χ0) is 16.4. The summed E-state index contributed by atoms with van der Waals surface area (Å²) in [6.45, 7) is 3.87. The van der Waals surface area contributed by atoms with Crippen LogP contribution in [0.25, 0.3) is 16.5 Å². The van der Waals surface area contributed by atoms with Crippen molar-refractivity contribution in [1.82, 2.24) is 4.57 Å². The quantitative estimate of drug-likeness (QED) is 0.643. The molecule has 23 heavy (non-hydrogen) atoms. The van der Waals surface area contributed by atoms with Crippen molar-refractivity contribution in [2.24, 2.45) is 5.16 Å². The van der Waals surface area contributed by atoms with Gasteiger partial charge in [-0.3, -0.25) is 0 Å². The maximum Gasteiger partial charge on any atom is 0.331 e. The molecule has 0 saturated heterocycles. The number of methoxy groups -OCH3 is 1. The molecule has 0 amide bonds. The van der Waals surface area contributed by atoms with E-state index in [4.69, 9.17) is 9.57 Å². The van der Waals surface area contributed by atoms with Gasteiger partial charge in [-0.25, -0.2) is 4.79 Å². The monoisotopic (exact) mass is 310 g/mol. The van der Waals surface area contributed by atoms with E-state index in [9.17, 15) is 4.79 Å². The summed E-state index contributed by atoms with van der Waals surface area (Å²) in [5.74, 6) is 0.406. The van der Waals surface area contributed by atoms with Crippen LogP contribution in [-0.4, -0.2) is 23.4 Å². The molecule has 5 nitrogen and oxygen atoms in total. The highest BCUT2D eigenvalue weighted by atomic mass is 16.7. The first-order chi connectivity index (χ1) is 11.1. The third kappa shape index (κ3) is 2.77. The number of hydrogen-bond donors (Lipinski definition) is 0. The molecule has 3 rings (SSSR count). The fourth-order valence-corrected chi connectivity index (χ4v) is 2.72. The van der Waals surface area contributed by atoms with Crippen molar-refractivity contribution >= 4 is 28.2 Å². The van der Waals surface area contributed by atoms with Crippen LogP contribution >= 0.6 is 0 Å². The first-order valence-electron chi connectivity index (χ1n) is 7.39. The van der Waals surface area contributed by atoms with Crippen LogP contribution in [0.15, 0.2) is 47.6 Å². The molecule has 0 unspecified atom stereocenters. The minimum Gasteiger partial charge on any atom is -0.497 e. The molecule has 0 saturated carbocycles. The molecule has 0 N–H and O–H groups in total. The van der Waals surface area contributed by atoms with Crippen LogP contribution in [0.3, 0.4) is 0 Å². The van der Waals surface area contributed by atoms with Gasteiger partial charge >= 0.3 is 5.97 Å². The lowest BCUT2D eigenvalue weighted by Gasteiger charge is -2.02. The zero-order valence-electron chi connectivity index (χ0n) is 13.4. The first-order valence-corrected chi connectivity index (χ1v) is 7.39. The van der Waals surface area contributed by atoms with E-state index >= 15 is 0 Å². The number of carbonyl (C=O) groups excluding carboxylic acids is 1. The van der Waals surface area contributed by atoms with Crippen molar-refractivity contribution in [1.29, 1.82) is 0 Å². The zero-order valence-corrected chi connectivity index (χ0v) is 13.4. The third-order valence-corrected chi connectivity index (χ3v) is 3.74. The van der Waals surface area contributed by atoms with E-state index < -0.39 is 5.97 Å². The van der Waals surface area contributed by atoms with E-state index in [0.29, 0.717) is 6.54 Å². The molecule has 1 aromatic heterocycles. The summed E-state index contributed by atoms with van der Waals surface area (Å²) in [6.07, 6.45) is 5.88. The molecule has 0 bridgehead atoms. The maximum atomic E-state index is 11.0. The summed E-state index contributed by atoms with van der Waals surface area (Å²) in [7, 11) is 1.66.